The highest BCUT2D eigenvalue weighted by Crippen LogP contribution is 2.43. The molecule has 74 valence electrons. The molecular weight excluding hydrogens is 242 g/mol. The summed E-state index contributed by atoms with van der Waals surface area (Å²) in [7, 11) is 0. The molecule has 0 unspecified atom stereocenters. The molecule has 1 fully saturated rings. The van der Waals surface area contributed by atoms with E-state index in [4.69, 9.17) is 4.74 Å². The van der Waals surface area contributed by atoms with E-state index < -0.39 is 0 Å². The number of halogens is 1. The first kappa shape index (κ1) is 8.74. The van der Waals surface area contributed by atoms with Gasteiger partial charge in [0.1, 0.15) is 0 Å². The van der Waals surface area contributed by atoms with E-state index in [1.165, 1.54) is 11.3 Å². The van der Waals surface area contributed by atoms with E-state index in [1.807, 2.05) is 0 Å². The van der Waals surface area contributed by atoms with Crippen LogP contribution in [0.2, 0.25) is 0 Å². The van der Waals surface area contributed by atoms with Gasteiger partial charge in [-0.1, -0.05) is 22.0 Å². The van der Waals surface area contributed by atoms with Crippen LogP contribution >= 0.6 is 15.9 Å². The van der Waals surface area contributed by atoms with Crippen molar-refractivity contribution in [1.29, 1.82) is 0 Å². The van der Waals surface area contributed by atoms with Gasteiger partial charge >= 0.3 is 0 Å². The highest BCUT2D eigenvalue weighted by Gasteiger charge is 2.41. The van der Waals surface area contributed by atoms with E-state index >= 15 is 0 Å². The lowest BCUT2D eigenvalue weighted by atomic mass is 9.82. The van der Waals surface area contributed by atoms with Crippen molar-refractivity contribution in [3.63, 3.8) is 0 Å². The highest BCUT2D eigenvalue weighted by molar-refractivity contribution is 9.10. The van der Waals surface area contributed by atoms with E-state index in [9.17, 15) is 0 Å². The van der Waals surface area contributed by atoms with Crippen molar-refractivity contribution in [3.8, 4) is 0 Å². The Hall–Kier alpha value is -0.540. The average Bonchev–Trinajstić information content (AvgIpc) is 2.77. The predicted molar refractivity (Wildman–Crippen MR) is 59.7 cm³/mol. The second kappa shape index (κ2) is 2.97. The Morgan fingerprint density at radius 1 is 1.43 bits per heavy atom. The predicted octanol–water partition coefficient (Wildman–Crippen LogP) is 2.53. The minimum atomic E-state index is 0.260. The quantitative estimate of drug-likeness (QED) is 0.768. The SMILES string of the molecule is Brc1ccc2c(c1)NC[C@@]21CCOC1. The molecule has 0 aromatic heterocycles. The van der Waals surface area contributed by atoms with Crippen LogP contribution in [0.15, 0.2) is 22.7 Å². The van der Waals surface area contributed by atoms with Gasteiger partial charge in [-0.25, -0.2) is 0 Å². The minimum absolute atomic E-state index is 0.260. The third-order valence-corrected chi connectivity index (χ3v) is 3.77. The van der Waals surface area contributed by atoms with Crippen LogP contribution < -0.4 is 5.32 Å². The number of anilines is 1. The molecule has 2 aliphatic heterocycles. The largest absolute Gasteiger partial charge is 0.384 e. The van der Waals surface area contributed by atoms with Crippen molar-refractivity contribution in [1.82, 2.24) is 0 Å². The molecule has 0 radical (unpaired) electrons. The lowest BCUT2D eigenvalue weighted by Gasteiger charge is -2.20. The second-order valence-electron chi connectivity index (χ2n) is 4.13. The zero-order valence-corrected chi connectivity index (χ0v) is 9.43. The van der Waals surface area contributed by atoms with Crippen molar-refractivity contribution in [3.05, 3.63) is 28.2 Å². The van der Waals surface area contributed by atoms with Crippen LogP contribution in [0.1, 0.15) is 12.0 Å². The molecule has 3 rings (SSSR count). The molecule has 1 N–H and O–H groups in total. The summed E-state index contributed by atoms with van der Waals surface area (Å²) in [6, 6.07) is 6.49. The maximum atomic E-state index is 5.52. The minimum Gasteiger partial charge on any atom is -0.384 e. The summed E-state index contributed by atoms with van der Waals surface area (Å²) < 4.78 is 6.66. The van der Waals surface area contributed by atoms with Gasteiger partial charge in [-0.3, -0.25) is 0 Å². The lowest BCUT2D eigenvalue weighted by Crippen LogP contribution is -2.28. The summed E-state index contributed by atoms with van der Waals surface area (Å²) in [4.78, 5) is 0. The molecule has 1 atom stereocenters. The molecule has 0 bridgehead atoms. The fraction of sp³-hybridized carbons (Fsp3) is 0.455. The van der Waals surface area contributed by atoms with Crippen molar-refractivity contribution in [2.45, 2.75) is 11.8 Å². The molecular formula is C11H12BrNO. The summed E-state index contributed by atoms with van der Waals surface area (Å²) in [5.41, 5.74) is 2.96. The molecule has 0 amide bonds. The molecule has 14 heavy (non-hydrogen) atoms. The summed E-state index contributed by atoms with van der Waals surface area (Å²) in [5, 5.41) is 3.46. The van der Waals surface area contributed by atoms with Crippen molar-refractivity contribution in [2.75, 3.05) is 25.1 Å². The van der Waals surface area contributed by atoms with Crippen LogP contribution in [-0.2, 0) is 10.2 Å². The van der Waals surface area contributed by atoms with Gasteiger partial charge < -0.3 is 10.1 Å². The Bertz CT molecular complexity index is 372. The van der Waals surface area contributed by atoms with Crippen molar-refractivity contribution < 1.29 is 4.74 Å². The number of rotatable bonds is 0. The summed E-state index contributed by atoms with van der Waals surface area (Å²) in [6.45, 7) is 2.80. The van der Waals surface area contributed by atoms with Gasteiger partial charge in [0, 0.05) is 28.7 Å². The zero-order valence-electron chi connectivity index (χ0n) is 7.85. The molecule has 1 aromatic carbocycles. The Balaban J connectivity index is 2.09. The summed E-state index contributed by atoms with van der Waals surface area (Å²) in [6.07, 6.45) is 1.15. The van der Waals surface area contributed by atoms with Crippen LogP contribution in [0.25, 0.3) is 0 Å². The molecule has 1 spiro atoms. The standard InChI is InChI=1S/C11H12BrNO/c12-8-1-2-9-10(5-8)13-6-11(9)3-4-14-7-11/h1-2,5,13H,3-4,6-7H2/t11-/m1/s1. The summed E-state index contributed by atoms with van der Waals surface area (Å²) in [5.74, 6) is 0. The number of hydrogen-bond donors (Lipinski definition) is 1. The lowest BCUT2D eigenvalue weighted by molar-refractivity contribution is 0.181. The number of hydrogen-bond acceptors (Lipinski definition) is 2. The number of ether oxygens (including phenoxy) is 1. The van der Waals surface area contributed by atoms with Gasteiger partial charge in [0.05, 0.1) is 6.61 Å². The number of benzene rings is 1. The van der Waals surface area contributed by atoms with Gasteiger partial charge in [0.25, 0.3) is 0 Å². The van der Waals surface area contributed by atoms with E-state index in [1.54, 1.807) is 0 Å². The van der Waals surface area contributed by atoms with Crippen LogP contribution in [-0.4, -0.2) is 19.8 Å². The highest BCUT2D eigenvalue weighted by atomic mass is 79.9. The third kappa shape index (κ3) is 1.12. The van der Waals surface area contributed by atoms with Crippen LogP contribution in [0.5, 0.6) is 0 Å². The molecule has 2 aliphatic rings. The van der Waals surface area contributed by atoms with Crippen LogP contribution in [0.4, 0.5) is 5.69 Å². The molecule has 0 saturated carbocycles. The van der Waals surface area contributed by atoms with Gasteiger partial charge in [-0.2, -0.15) is 0 Å². The first-order valence-corrected chi connectivity index (χ1v) is 5.71. The fourth-order valence-electron chi connectivity index (χ4n) is 2.44. The van der Waals surface area contributed by atoms with E-state index in [0.717, 1.165) is 30.7 Å². The monoisotopic (exact) mass is 253 g/mol. The summed E-state index contributed by atoms with van der Waals surface area (Å²) >= 11 is 3.49. The maximum absolute atomic E-state index is 5.52. The Morgan fingerprint density at radius 2 is 2.36 bits per heavy atom. The van der Waals surface area contributed by atoms with E-state index in [0.29, 0.717) is 0 Å². The fourth-order valence-corrected chi connectivity index (χ4v) is 2.80. The molecule has 0 aliphatic carbocycles. The van der Waals surface area contributed by atoms with Crippen molar-refractivity contribution >= 4 is 21.6 Å². The van der Waals surface area contributed by atoms with Gasteiger partial charge in [-0.05, 0) is 24.1 Å². The number of nitrogens with one attached hydrogen (secondary N) is 1. The van der Waals surface area contributed by atoms with Gasteiger partial charge in [-0.15, -0.1) is 0 Å². The normalized spacial score (nSPS) is 29.2. The second-order valence-corrected chi connectivity index (χ2v) is 5.04. The molecule has 2 nitrogen and oxygen atoms in total. The molecule has 1 saturated heterocycles. The van der Waals surface area contributed by atoms with Crippen LogP contribution in [0, 0.1) is 0 Å². The van der Waals surface area contributed by atoms with Crippen molar-refractivity contribution in [2.24, 2.45) is 0 Å². The van der Waals surface area contributed by atoms with E-state index in [2.05, 4.69) is 39.4 Å². The average molecular weight is 254 g/mol. The first-order chi connectivity index (χ1) is 6.80. The Morgan fingerprint density at radius 3 is 3.14 bits per heavy atom. The molecule has 1 aromatic rings. The molecule has 2 heterocycles. The number of fused-ring (bicyclic) bond motifs is 2. The first-order valence-electron chi connectivity index (χ1n) is 4.92. The zero-order chi connectivity index (χ0) is 9.60. The Kier molecular flexibility index (Phi) is 1.86. The topological polar surface area (TPSA) is 21.3 Å². The van der Waals surface area contributed by atoms with Gasteiger partial charge in [0.2, 0.25) is 0 Å². The van der Waals surface area contributed by atoms with Gasteiger partial charge in [0.15, 0.2) is 0 Å². The maximum Gasteiger partial charge on any atom is 0.0581 e. The Labute approximate surface area is 91.8 Å². The molecule has 3 heteroatoms. The third-order valence-electron chi connectivity index (χ3n) is 3.27. The van der Waals surface area contributed by atoms with Crippen LogP contribution in [0.3, 0.4) is 0 Å². The van der Waals surface area contributed by atoms with E-state index in [-0.39, 0.29) is 5.41 Å². The smallest absolute Gasteiger partial charge is 0.0581 e.